The van der Waals surface area contributed by atoms with Crippen LogP contribution in [0.5, 0.6) is 0 Å². The fraction of sp³-hybridized carbons (Fsp3) is 0.552. The number of piperazine rings is 1. The number of nitrogens with zero attached hydrogens (tertiary/aromatic N) is 1. The lowest BCUT2D eigenvalue weighted by Gasteiger charge is -2.57. The summed E-state index contributed by atoms with van der Waals surface area (Å²) in [4.78, 5) is 14.8. The predicted molar refractivity (Wildman–Crippen MR) is 139 cm³/mol. The summed E-state index contributed by atoms with van der Waals surface area (Å²) in [5.74, 6) is -0.154. The minimum atomic E-state index is -4.95. The number of hydrogen-bond acceptors (Lipinski definition) is 4. The van der Waals surface area contributed by atoms with Gasteiger partial charge in [-0.25, -0.2) is 0 Å². The number of carbonyl (C=O) groups is 1. The Bertz CT molecular complexity index is 1140. The zero-order valence-corrected chi connectivity index (χ0v) is 22.6. The number of halogens is 6. The highest BCUT2D eigenvalue weighted by Crippen LogP contribution is 2.42. The van der Waals surface area contributed by atoms with Crippen LogP contribution in [0.3, 0.4) is 0 Å². The van der Waals surface area contributed by atoms with E-state index in [1.165, 1.54) is 6.92 Å². The molecule has 2 heterocycles. The largest absolute Gasteiger partial charge is 0.416 e. The van der Waals surface area contributed by atoms with Crippen molar-refractivity contribution < 1.29 is 35.9 Å². The topological polar surface area (TPSA) is 53.6 Å². The molecular formula is C29H35F6N3O2. The minimum absolute atomic E-state index is 0.0653. The van der Waals surface area contributed by atoms with Crippen LogP contribution in [0.2, 0.25) is 0 Å². The third-order valence-electron chi connectivity index (χ3n) is 8.01. The summed E-state index contributed by atoms with van der Waals surface area (Å²) in [5, 5.41) is 6.65. The lowest BCUT2D eigenvalue weighted by molar-refractivity contribution is -0.143. The van der Waals surface area contributed by atoms with E-state index in [9.17, 15) is 31.1 Å². The van der Waals surface area contributed by atoms with Gasteiger partial charge in [-0.05, 0) is 68.9 Å². The number of piperidine rings is 1. The summed E-state index contributed by atoms with van der Waals surface area (Å²) in [5.41, 5.74) is -3.72. The van der Waals surface area contributed by atoms with Crippen LogP contribution in [-0.2, 0) is 21.9 Å². The maximum Gasteiger partial charge on any atom is 0.416 e. The molecule has 2 aliphatic heterocycles. The molecule has 1 aromatic carbocycles. The molecule has 4 atom stereocenters. The number of carbonyl (C=O) groups excluding carboxylic acids is 1. The highest BCUT2D eigenvalue weighted by atomic mass is 19.4. The molecule has 0 aromatic heterocycles. The molecule has 1 unspecified atom stereocenters. The van der Waals surface area contributed by atoms with Gasteiger partial charge in [-0.1, -0.05) is 30.9 Å². The van der Waals surface area contributed by atoms with Crippen molar-refractivity contribution in [3.63, 3.8) is 0 Å². The van der Waals surface area contributed by atoms with E-state index in [2.05, 4.69) is 17.2 Å². The summed E-state index contributed by atoms with van der Waals surface area (Å²) in [7, 11) is 0. The molecule has 0 radical (unpaired) electrons. The average molecular weight is 572 g/mol. The number of benzene rings is 1. The standard InChI is InChI=1S/C29H35F6N3O2/c1-4-5-6-7-19(2)27(11-10-26(16-36-24-8-9-24)17-38(27)15-25(39)37-26)18-40-20(3)21-12-22(28(30,31)32)14-23(13-21)29(33,34)35/h4-7,12-14,20,24,36H,2,8-11,15-18H2,1,3H3,(H,37,39)/b5-4-,7-6-/t20-,26+,27-/m1/s1. The van der Waals surface area contributed by atoms with Crippen LogP contribution in [0.4, 0.5) is 26.3 Å². The van der Waals surface area contributed by atoms with E-state index in [1.54, 1.807) is 6.08 Å². The van der Waals surface area contributed by atoms with Crippen molar-refractivity contribution in [2.45, 2.75) is 75.1 Å². The van der Waals surface area contributed by atoms with E-state index in [-0.39, 0.29) is 30.7 Å². The molecule has 2 N–H and O–H groups in total. The number of amides is 1. The first-order chi connectivity index (χ1) is 18.7. The van der Waals surface area contributed by atoms with Crippen LogP contribution >= 0.6 is 0 Å². The molecule has 0 spiro atoms. The first-order valence-corrected chi connectivity index (χ1v) is 13.4. The maximum atomic E-state index is 13.4. The van der Waals surface area contributed by atoms with Crippen molar-refractivity contribution in [1.82, 2.24) is 15.5 Å². The Morgan fingerprint density at radius 1 is 1.15 bits per heavy atom. The Morgan fingerprint density at radius 2 is 1.80 bits per heavy atom. The fourth-order valence-electron chi connectivity index (χ4n) is 5.46. The van der Waals surface area contributed by atoms with Crippen LogP contribution < -0.4 is 10.6 Å². The Balaban J connectivity index is 1.62. The Hall–Kier alpha value is -2.63. The zero-order valence-electron chi connectivity index (χ0n) is 22.6. The highest BCUT2D eigenvalue weighted by Gasteiger charge is 2.53. The van der Waals surface area contributed by atoms with Crippen LogP contribution in [-0.4, -0.2) is 54.2 Å². The number of nitrogens with one attached hydrogen (secondary N) is 2. The number of allylic oxidation sites excluding steroid dienone is 3. The number of rotatable bonds is 10. The molecule has 3 aliphatic rings. The second kappa shape index (κ2) is 11.3. The normalized spacial score (nSPS) is 28.2. The van der Waals surface area contributed by atoms with Crippen LogP contribution in [0.25, 0.3) is 0 Å². The molecule has 40 heavy (non-hydrogen) atoms. The number of fused-ring (bicyclic) bond motifs is 2. The summed E-state index contributed by atoms with van der Waals surface area (Å²) < 4.78 is 86.7. The highest BCUT2D eigenvalue weighted by molar-refractivity contribution is 5.80. The van der Waals surface area contributed by atoms with Gasteiger partial charge in [0.25, 0.3) is 0 Å². The van der Waals surface area contributed by atoms with E-state index < -0.39 is 40.7 Å². The molecule has 1 amide bonds. The van der Waals surface area contributed by atoms with Gasteiger partial charge in [-0.2, -0.15) is 26.3 Å². The van der Waals surface area contributed by atoms with Crippen molar-refractivity contribution in [1.29, 1.82) is 0 Å². The van der Waals surface area contributed by atoms with Gasteiger partial charge in [0.2, 0.25) is 5.91 Å². The average Bonchev–Trinajstić information content (AvgIpc) is 3.70. The number of hydrogen-bond donors (Lipinski definition) is 2. The first kappa shape index (κ1) is 30.3. The number of alkyl halides is 6. The van der Waals surface area contributed by atoms with E-state index in [1.807, 2.05) is 30.1 Å². The molecule has 1 aromatic rings. The lowest BCUT2D eigenvalue weighted by Crippen LogP contribution is -2.75. The quantitative estimate of drug-likeness (QED) is 0.270. The van der Waals surface area contributed by atoms with Crippen LogP contribution in [0.1, 0.15) is 62.3 Å². The van der Waals surface area contributed by atoms with E-state index in [0.29, 0.717) is 49.7 Å². The molecule has 1 aliphatic carbocycles. The summed E-state index contributed by atoms with van der Waals surface area (Å²) >= 11 is 0. The fourth-order valence-corrected chi connectivity index (χ4v) is 5.46. The Labute approximate surface area is 230 Å². The predicted octanol–water partition coefficient (Wildman–Crippen LogP) is 5.95. The summed E-state index contributed by atoms with van der Waals surface area (Å²) in [6, 6.07) is 1.94. The van der Waals surface area contributed by atoms with Crippen molar-refractivity contribution in [2.75, 3.05) is 26.2 Å². The van der Waals surface area contributed by atoms with Crippen LogP contribution in [0.15, 0.2) is 54.7 Å². The second-order valence-corrected chi connectivity index (χ2v) is 11.1. The van der Waals surface area contributed by atoms with Gasteiger partial charge in [0.05, 0.1) is 41.5 Å². The monoisotopic (exact) mass is 571 g/mol. The van der Waals surface area contributed by atoms with Crippen molar-refractivity contribution in [3.05, 3.63) is 71.3 Å². The second-order valence-electron chi connectivity index (χ2n) is 11.1. The third kappa shape index (κ3) is 6.80. The van der Waals surface area contributed by atoms with E-state index in [0.717, 1.165) is 12.8 Å². The minimum Gasteiger partial charge on any atom is -0.372 e. The Kier molecular flexibility index (Phi) is 8.59. The summed E-state index contributed by atoms with van der Waals surface area (Å²) in [6.07, 6.45) is -0.399. The van der Waals surface area contributed by atoms with E-state index in [4.69, 9.17) is 4.74 Å². The third-order valence-corrected chi connectivity index (χ3v) is 8.01. The SMILES string of the molecule is C=C(/C=C\C=C/C)[C@]1(CO[C@H](C)c2cc(C(F)(F)F)cc(C(F)(F)F)c2)CC[C@]2(CNC3CC3)CN1CC(=O)N2. The van der Waals surface area contributed by atoms with Gasteiger partial charge in [0.15, 0.2) is 0 Å². The van der Waals surface area contributed by atoms with Crippen molar-refractivity contribution in [2.24, 2.45) is 0 Å². The first-order valence-electron chi connectivity index (χ1n) is 13.4. The molecular weight excluding hydrogens is 536 g/mol. The smallest absolute Gasteiger partial charge is 0.372 e. The van der Waals surface area contributed by atoms with Crippen molar-refractivity contribution >= 4 is 5.91 Å². The molecule has 11 heteroatoms. The van der Waals surface area contributed by atoms with E-state index >= 15 is 0 Å². The Morgan fingerprint density at radius 3 is 2.38 bits per heavy atom. The van der Waals surface area contributed by atoms with Gasteiger partial charge >= 0.3 is 12.4 Å². The van der Waals surface area contributed by atoms with Gasteiger partial charge in [-0.3, -0.25) is 9.69 Å². The summed E-state index contributed by atoms with van der Waals surface area (Å²) in [6.45, 7) is 8.67. The van der Waals surface area contributed by atoms with Gasteiger partial charge < -0.3 is 15.4 Å². The maximum absolute atomic E-state index is 13.4. The molecule has 1 saturated carbocycles. The molecule has 5 nitrogen and oxygen atoms in total. The molecule has 2 saturated heterocycles. The van der Waals surface area contributed by atoms with Gasteiger partial charge in [0, 0.05) is 19.1 Å². The molecule has 4 rings (SSSR count). The zero-order chi connectivity index (χ0) is 29.3. The number of ether oxygens (including phenoxy) is 1. The molecule has 2 bridgehead atoms. The molecule has 220 valence electrons. The van der Waals surface area contributed by atoms with Gasteiger partial charge in [0.1, 0.15) is 0 Å². The van der Waals surface area contributed by atoms with Gasteiger partial charge in [-0.15, -0.1) is 0 Å². The lowest BCUT2D eigenvalue weighted by atomic mass is 9.73. The van der Waals surface area contributed by atoms with Crippen LogP contribution in [0, 0.1) is 0 Å². The van der Waals surface area contributed by atoms with Crippen molar-refractivity contribution in [3.8, 4) is 0 Å². The molecule has 3 fully saturated rings.